The first-order valence-corrected chi connectivity index (χ1v) is 7.69. The lowest BCUT2D eigenvalue weighted by Crippen LogP contribution is -2.20. The monoisotopic (exact) mass is 224 g/mol. The number of rotatable bonds is 7. The number of hydrogen-bond acceptors (Lipinski definition) is 2. The van der Waals surface area contributed by atoms with Crippen molar-refractivity contribution >= 4 is 9.28 Å². The van der Waals surface area contributed by atoms with Crippen LogP contribution in [0.25, 0.3) is 0 Å². The fraction of sp³-hybridized carbons (Fsp3) is 0.500. The summed E-state index contributed by atoms with van der Waals surface area (Å²) in [6.07, 6.45) is 2.05. The molecule has 3 heteroatoms. The minimum absolute atomic E-state index is 0.779. The van der Waals surface area contributed by atoms with Gasteiger partial charge in [0.25, 0.3) is 0 Å². The van der Waals surface area contributed by atoms with Gasteiger partial charge in [0.15, 0.2) is 0 Å². The Kier molecular flexibility index (Phi) is 6.32. The molecule has 0 aliphatic rings. The van der Waals surface area contributed by atoms with Crippen LogP contribution >= 0.6 is 0 Å². The van der Waals surface area contributed by atoms with E-state index in [-0.39, 0.29) is 0 Å². The summed E-state index contributed by atoms with van der Waals surface area (Å²) in [5.41, 5.74) is 1.33. The van der Waals surface area contributed by atoms with E-state index in [9.17, 15) is 0 Å². The first kappa shape index (κ1) is 12.4. The molecule has 0 saturated heterocycles. The smallest absolute Gasteiger partial charge is 0.318 e. The maximum Gasteiger partial charge on any atom is 0.318 e. The fourth-order valence-electron chi connectivity index (χ4n) is 1.32. The Labute approximate surface area is 94.1 Å². The van der Waals surface area contributed by atoms with E-state index in [1.807, 2.05) is 6.07 Å². The van der Waals surface area contributed by atoms with E-state index in [1.54, 1.807) is 0 Å². The Hall–Kier alpha value is -0.643. The van der Waals surface area contributed by atoms with Gasteiger partial charge in [0.1, 0.15) is 0 Å². The Morgan fingerprint density at radius 1 is 1.07 bits per heavy atom. The second kappa shape index (κ2) is 7.62. The lowest BCUT2D eigenvalue weighted by Gasteiger charge is -2.11. The largest absolute Gasteiger partial charge is 0.397 e. The van der Waals surface area contributed by atoms with Gasteiger partial charge in [-0.25, -0.2) is 0 Å². The summed E-state index contributed by atoms with van der Waals surface area (Å²) >= 11 is 0. The maximum absolute atomic E-state index is 5.66. The highest BCUT2D eigenvalue weighted by atomic mass is 28.3. The normalized spacial score (nSPS) is 12.7. The predicted molar refractivity (Wildman–Crippen MR) is 65.4 cm³/mol. The van der Waals surface area contributed by atoms with Gasteiger partial charge in [0.05, 0.1) is 0 Å². The van der Waals surface area contributed by atoms with Crippen molar-refractivity contribution in [2.24, 2.45) is 0 Å². The summed E-state index contributed by atoms with van der Waals surface area (Å²) in [5.74, 6) is 0. The number of hydrogen-bond donors (Lipinski definition) is 0. The van der Waals surface area contributed by atoms with E-state index in [4.69, 9.17) is 8.85 Å². The van der Waals surface area contributed by atoms with Crippen molar-refractivity contribution < 1.29 is 8.85 Å². The SMILES string of the molecule is CCCO[SiH](C)OCCc1ccccc1. The highest BCUT2D eigenvalue weighted by Gasteiger charge is 2.04. The van der Waals surface area contributed by atoms with E-state index < -0.39 is 9.28 Å². The average molecular weight is 224 g/mol. The van der Waals surface area contributed by atoms with Crippen LogP contribution < -0.4 is 0 Å². The maximum atomic E-state index is 5.66. The average Bonchev–Trinajstić information content (AvgIpc) is 2.28. The lowest BCUT2D eigenvalue weighted by atomic mass is 10.2. The highest BCUT2D eigenvalue weighted by Crippen LogP contribution is 2.00. The topological polar surface area (TPSA) is 18.5 Å². The van der Waals surface area contributed by atoms with Crippen molar-refractivity contribution in [3.8, 4) is 0 Å². The van der Waals surface area contributed by atoms with Crippen LogP contribution in [0.15, 0.2) is 30.3 Å². The molecule has 0 amide bonds. The highest BCUT2D eigenvalue weighted by molar-refractivity contribution is 6.42. The summed E-state index contributed by atoms with van der Waals surface area (Å²) in [4.78, 5) is 0. The van der Waals surface area contributed by atoms with Crippen LogP contribution in [0.3, 0.4) is 0 Å². The summed E-state index contributed by atoms with van der Waals surface area (Å²) in [6, 6.07) is 10.4. The molecule has 0 aliphatic heterocycles. The van der Waals surface area contributed by atoms with Crippen LogP contribution in [-0.2, 0) is 15.3 Å². The number of benzene rings is 1. The van der Waals surface area contributed by atoms with Crippen molar-refractivity contribution in [3.05, 3.63) is 35.9 Å². The van der Waals surface area contributed by atoms with Crippen molar-refractivity contribution in [1.82, 2.24) is 0 Å². The Bertz CT molecular complexity index is 251. The van der Waals surface area contributed by atoms with E-state index in [0.717, 1.165) is 26.1 Å². The van der Waals surface area contributed by atoms with Gasteiger partial charge in [-0.05, 0) is 25.0 Å². The van der Waals surface area contributed by atoms with Gasteiger partial charge in [-0.15, -0.1) is 0 Å². The van der Waals surface area contributed by atoms with Crippen LogP contribution in [0.5, 0.6) is 0 Å². The van der Waals surface area contributed by atoms with E-state index in [1.165, 1.54) is 5.56 Å². The standard InChI is InChI=1S/C12H20O2Si/c1-3-10-13-15(2)14-11-9-12-7-5-4-6-8-12/h4-8,15H,3,9-11H2,1-2H3. The molecule has 0 radical (unpaired) electrons. The Morgan fingerprint density at radius 2 is 1.73 bits per heavy atom. The molecule has 0 aliphatic carbocycles. The van der Waals surface area contributed by atoms with Crippen LogP contribution in [0.1, 0.15) is 18.9 Å². The molecule has 0 spiro atoms. The van der Waals surface area contributed by atoms with Crippen molar-refractivity contribution in [2.45, 2.75) is 26.3 Å². The molecular formula is C12H20O2Si. The molecule has 1 aromatic carbocycles. The zero-order chi connectivity index (χ0) is 10.9. The molecule has 0 saturated carbocycles. The van der Waals surface area contributed by atoms with Crippen LogP contribution in [0.2, 0.25) is 6.55 Å². The van der Waals surface area contributed by atoms with Gasteiger partial charge in [0.2, 0.25) is 0 Å². The molecular weight excluding hydrogens is 204 g/mol. The van der Waals surface area contributed by atoms with Crippen LogP contribution in [0.4, 0.5) is 0 Å². The van der Waals surface area contributed by atoms with Gasteiger partial charge < -0.3 is 8.85 Å². The molecule has 1 aromatic rings. The fourth-order valence-corrected chi connectivity index (χ4v) is 2.43. The molecule has 1 unspecified atom stereocenters. The summed E-state index contributed by atoms with van der Waals surface area (Å²) in [5, 5.41) is 0. The third-order valence-corrected chi connectivity index (χ3v) is 3.55. The first-order valence-electron chi connectivity index (χ1n) is 5.60. The molecule has 0 bridgehead atoms. The summed E-state index contributed by atoms with van der Waals surface area (Å²) in [6.45, 7) is 5.81. The van der Waals surface area contributed by atoms with Crippen LogP contribution in [0, 0.1) is 0 Å². The van der Waals surface area contributed by atoms with Crippen molar-refractivity contribution in [2.75, 3.05) is 13.2 Å². The zero-order valence-electron chi connectivity index (χ0n) is 9.61. The van der Waals surface area contributed by atoms with Crippen molar-refractivity contribution in [1.29, 1.82) is 0 Å². The molecule has 84 valence electrons. The first-order chi connectivity index (χ1) is 7.33. The lowest BCUT2D eigenvalue weighted by molar-refractivity contribution is 0.204. The molecule has 15 heavy (non-hydrogen) atoms. The van der Waals surface area contributed by atoms with E-state index in [0.29, 0.717) is 0 Å². The zero-order valence-corrected chi connectivity index (χ0v) is 10.8. The minimum atomic E-state index is -1.36. The molecule has 1 rings (SSSR count). The molecule has 0 fully saturated rings. The van der Waals surface area contributed by atoms with Crippen molar-refractivity contribution in [3.63, 3.8) is 0 Å². The molecule has 0 N–H and O–H groups in total. The summed E-state index contributed by atoms with van der Waals surface area (Å²) < 4.78 is 11.2. The third kappa shape index (κ3) is 5.72. The second-order valence-corrected chi connectivity index (χ2v) is 5.35. The van der Waals surface area contributed by atoms with Gasteiger partial charge >= 0.3 is 9.28 Å². The second-order valence-electron chi connectivity index (χ2n) is 3.54. The summed E-state index contributed by atoms with van der Waals surface area (Å²) in [7, 11) is -1.36. The minimum Gasteiger partial charge on any atom is -0.397 e. The third-order valence-electron chi connectivity index (χ3n) is 2.14. The van der Waals surface area contributed by atoms with Gasteiger partial charge in [-0.2, -0.15) is 0 Å². The van der Waals surface area contributed by atoms with Gasteiger partial charge in [0, 0.05) is 13.2 Å². The molecule has 2 nitrogen and oxygen atoms in total. The Balaban J connectivity index is 2.11. The molecule has 0 aromatic heterocycles. The molecule has 1 atom stereocenters. The Morgan fingerprint density at radius 3 is 2.40 bits per heavy atom. The predicted octanol–water partition coefficient (Wildman–Crippen LogP) is 2.52. The van der Waals surface area contributed by atoms with Gasteiger partial charge in [-0.3, -0.25) is 0 Å². The van der Waals surface area contributed by atoms with E-state index in [2.05, 4.69) is 37.7 Å². The van der Waals surface area contributed by atoms with Crippen LogP contribution in [-0.4, -0.2) is 22.5 Å². The van der Waals surface area contributed by atoms with E-state index >= 15 is 0 Å². The molecule has 0 heterocycles. The quantitative estimate of drug-likeness (QED) is 0.663. The van der Waals surface area contributed by atoms with Gasteiger partial charge in [-0.1, -0.05) is 37.3 Å².